The number of alkyl halides is 1. The predicted octanol–water partition coefficient (Wildman–Crippen LogP) is 3.40. The Bertz CT molecular complexity index is 1800. The van der Waals surface area contributed by atoms with E-state index in [1.807, 2.05) is 0 Å². The van der Waals surface area contributed by atoms with Gasteiger partial charge in [0.1, 0.15) is 24.3 Å². The monoisotopic (exact) mass is 588 g/mol. The van der Waals surface area contributed by atoms with Gasteiger partial charge in [-0.05, 0) is 55.8 Å². The Morgan fingerprint density at radius 2 is 2.07 bits per heavy atom. The smallest absolute Gasteiger partial charge is 0.279 e. The number of nitrogens with zero attached hydrogens (tertiary/aromatic N) is 4. The second-order valence-corrected chi connectivity index (χ2v) is 12.7. The largest absolute Gasteiger partial charge is 0.508 e. The number of halogens is 2. The molecule has 3 N–H and O–H groups in total. The summed E-state index contributed by atoms with van der Waals surface area (Å²) in [5.41, 5.74) is 0.110. The first-order valence-electron chi connectivity index (χ1n) is 15.2. The van der Waals surface area contributed by atoms with Gasteiger partial charge in [0.15, 0.2) is 0 Å². The lowest BCUT2D eigenvalue weighted by Gasteiger charge is -2.34. The number of phenols is 1. The summed E-state index contributed by atoms with van der Waals surface area (Å²) in [6.45, 7) is 4.12. The Balaban J connectivity index is 1.28. The van der Waals surface area contributed by atoms with Crippen LogP contribution in [0.25, 0.3) is 27.2 Å². The van der Waals surface area contributed by atoms with E-state index in [-0.39, 0.29) is 40.2 Å². The Morgan fingerprint density at radius 1 is 1.16 bits per heavy atom. The van der Waals surface area contributed by atoms with Gasteiger partial charge in [0, 0.05) is 60.9 Å². The van der Waals surface area contributed by atoms with Crippen molar-refractivity contribution >= 4 is 21.5 Å². The minimum Gasteiger partial charge on any atom is -0.508 e. The SMILES string of the molecule is O=c1c2cc(OC[C@@]34CCCN3C[C@H](F)C4)nc(C3CC4CNCC3CN4)c2cnn1-c1cc(O)cc2cccc(F)c12. The number of rotatable bonds is 5. The number of fused-ring (bicyclic) bond motifs is 7. The molecule has 5 saturated heterocycles. The fourth-order valence-electron chi connectivity index (χ4n) is 8.03. The van der Waals surface area contributed by atoms with Gasteiger partial charge in [-0.15, -0.1) is 0 Å². The molecule has 5 aliphatic heterocycles. The van der Waals surface area contributed by atoms with E-state index in [4.69, 9.17) is 9.72 Å². The van der Waals surface area contributed by atoms with Crippen LogP contribution in [0.2, 0.25) is 0 Å². The summed E-state index contributed by atoms with van der Waals surface area (Å²) in [5, 5.41) is 23.7. The van der Waals surface area contributed by atoms with Crippen LogP contribution in [0.3, 0.4) is 0 Å². The highest BCUT2D eigenvalue weighted by Crippen LogP contribution is 2.41. The van der Waals surface area contributed by atoms with Gasteiger partial charge >= 0.3 is 0 Å². The van der Waals surface area contributed by atoms with Crippen LogP contribution in [0.5, 0.6) is 11.6 Å². The molecule has 11 heteroatoms. The Hall–Kier alpha value is -3.67. The molecular formula is C32H34F2N6O3. The van der Waals surface area contributed by atoms with E-state index in [0.29, 0.717) is 41.6 Å². The van der Waals surface area contributed by atoms with Crippen LogP contribution in [-0.4, -0.2) is 81.9 Å². The number of benzene rings is 2. The van der Waals surface area contributed by atoms with Crippen LogP contribution in [0.4, 0.5) is 8.78 Å². The third-order valence-corrected chi connectivity index (χ3v) is 10.1. The van der Waals surface area contributed by atoms with Crippen molar-refractivity contribution in [3.8, 4) is 17.3 Å². The number of piperidine rings is 1. The number of hydrogen-bond donors (Lipinski definition) is 3. The van der Waals surface area contributed by atoms with E-state index < -0.39 is 17.5 Å². The van der Waals surface area contributed by atoms with Crippen molar-refractivity contribution in [2.45, 2.75) is 49.4 Å². The second-order valence-electron chi connectivity index (χ2n) is 12.7. The second kappa shape index (κ2) is 10.2. The van der Waals surface area contributed by atoms with Crippen molar-refractivity contribution in [3.63, 3.8) is 0 Å². The van der Waals surface area contributed by atoms with Crippen LogP contribution in [-0.2, 0) is 0 Å². The number of nitrogens with one attached hydrogen (secondary N) is 2. The van der Waals surface area contributed by atoms with Gasteiger partial charge in [0.2, 0.25) is 5.88 Å². The van der Waals surface area contributed by atoms with Gasteiger partial charge in [-0.2, -0.15) is 9.78 Å². The third kappa shape index (κ3) is 4.47. The van der Waals surface area contributed by atoms with Gasteiger partial charge in [-0.3, -0.25) is 9.69 Å². The summed E-state index contributed by atoms with van der Waals surface area (Å²) in [4.78, 5) is 21.4. The van der Waals surface area contributed by atoms with Crippen molar-refractivity contribution in [2.24, 2.45) is 5.92 Å². The van der Waals surface area contributed by atoms with Gasteiger partial charge in [0.25, 0.3) is 5.56 Å². The average molecular weight is 589 g/mol. The first kappa shape index (κ1) is 26.9. The molecule has 224 valence electrons. The van der Waals surface area contributed by atoms with E-state index in [2.05, 4.69) is 20.6 Å². The Morgan fingerprint density at radius 3 is 2.98 bits per heavy atom. The number of phenolic OH excluding ortho intramolecular Hbond substituents is 1. The molecule has 0 saturated carbocycles. The maximum absolute atomic E-state index is 15.1. The quantitative estimate of drug-likeness (QED) is 0.326. The van der Waals surface area contributed by atoms with E-state index in [1.54, 1.807) is 24.4 Å². The normalized spacial score (nSPS) is 28.9. The molecule has 5 aliphatic rings. The molecule has 5 fully saturated rings. The van der Waals surface area contributed by atoms with E-state index in [9.17, 15) is 14.3 Å². The standard InChI is InChI=1S/C32H34F2N6O3/c33-20-11-32(5-2-6-39(32)16-20)17-43-28-10-24-25(30(38-28)23-8-21-14-35-12-19(23)13-36-21)15-37-40(31(24)42)27-9-22(41)7-18-3-1-4-26(34)29(18)27/h1,3-4,7,9-10,15,19-21,23,35-36,41H,2,5-6,8,11-14,16-17H2/t19?,20-,21?,23?,32+/m1/s1. The predicted molar refractivity (Wildman–Crippen MR) is 158 cm³/mol. The molecule has 2 bridgehead atoms. The lowest BCUT2D eigenvalue weighted by Crippen LogP contribution is -2.43. The summed E-state index contributed by atoms with van der Waals surface area (Å²) in [7, 11) is 0. The molecule has 2 aromatic heterocycles. The summed E-state index contributed by atoms with van der Waals surface area (Å²) in [5.74, 6) is 0.0552. The van der Waals surface area contributed by atoms with Gasteiger partial charge < -0.3 is 20.5 Å². The molecule has 0 spiro atoms. The van der Waals surface area contributed by atoms with Crippen molar-refractivity contribution < 1.29 is 18.6 Å². The van der Waals surface area contributed by atoms with Crippen LogP contribution in [0.15, 0.2) is 47.4 Å². The van der Waals surface area contributed by atoms with Crippen LogP contribution in [0.1, 0.15) is 37.3 Å². The first-order chi connectivity index (χ1) is 20.9. The van der Waals surface area contributed by atoms with E-state index >= 15 is 4.39 Å². The minimum atomic E-state index is -0.874. The molecule has 0 aliphatic carbocycles. The molecule has 2 aromatic carbocycles. The molecular weight excluding hydrogens is 554 g/mol. The van der Waals surface area contributed by atoms with Crippen LogP contribution >= 0.6 is 0 Å². The molecule has 43 heavy (non-hydrogen) atoms. The number of aromatic nitrogens is 3. The summed E-state index contributed by atoms with van der Waals surface area (Å²) < 4.78 is 37.1. The van der Waals surface area contributed by atoms with E-state index in [0.717, 1.165) is 55.8 Å². The molecule has 3 unspecified atom stereocenters. The lowest BCUT2D eigenvalue weighted by atomic mass is 9.81. The molecule has 9 nitrogen and oxygen atoms in total. The Kier molecular flexibility index (Phi) is 6.39. The zero-order chi connectivity index (χ0) is 29.3. The highest BCUT2D eigenvalue weighted by Gasteiger charge is 2.49. The van der Waals surface area contributed by atoms with Crippen molar-refractivity contribution in [2.75, 3.05) is 39.3 Å². The minimum absolute atomic E-state index is 0.0752. The molecule has 0 radical (unpaired) electrons. The number of aromatic hydroxyl groups is 1. The average Bonchev–Trinajstić information content (AvgIpc) is 3.31. The fraction of sp³-hybridized carbons (Fsp3) is 0.469. The number of ether oxygens (including phenoxy) is 1. The highest BCUT2D eigenvalue weighted by molar-refractivity contribution is 5.92. The number of hydrogen-bond acceptors (Lipinski definition) is 8. The highest BCUT2D eigenvalue weighted by atomic mass is 19.1. The summed E-state index contributed by atoms with van der Waals surface area (Å²) in [6, 6.07) is 9.31. The lowest BCUT2D eigenvalue weighted by molar-refractivity contribution is 0.110. The number of pyridine rings is 1. The Labute approximate surface area is 246 Å². The molecule has 9 rings (SSSR count). The molecule has 4 aromatic rings. The molecule has 0 amide bonds. The van der Waals surface area contributed by atoms with Crippen molar-refractivity contribution in [1.29, 1.82) is 0 Å². The van der Waals surface area contributed by atoms with Gasteiger partial charge in [-0.25, -0.2) is 13.8 Å². The van der Waals surface area contributed by atoms with Gasteiger partial charge in [0.05, 0.1) is 28.5 Å². The van der Waals surface area contributed by atoms with Crippen LogP contribution in [0, 0.1) is 11.7 Å². The summed E-state index contributed by atoms with van der Waals surface area (Å²) in [6.07, 6.45) is 3.91. The topological polar surface area (TPSA) is 105 Å². The van der Waals surface area contributed by atoms with Crippen LogP contribution < -0.4 is 20.9 Å². The molecule has 5 atom stereocenters. The van der Waals surface area contributed by atoms with Gasteiger partial charge in [-0.1, -0.05) is 12.1 Å². The zero-order valence-electron chi connectivity index (χ0n) is 23.7. The van der Waals surface area contributed by atoms with E-state index in [1.165, 1.54) is 18.2 Å². The van der Waals surface area contributed by atoms with Crippen molar-refractivity contribution in [1.82, 2.24) is 30.3 Å². The first-order valence-corrected chi connectivity index (χ1v) is 15.2. The maximum Gasteiger partial charge on any atom is 0.279 e. The fourth-order valence-corrected chi connectivity index (χ4v) is 8.03. The zero-order valence-corrected chi connectivity index (χ0v) is 23.7. The van der Waals surface area contributed by atoms with Crippen molar-refractivity contribution in [3.05, 3.63) is 64.5 Å². The third-order valence-electron chi connectivity index (χ3n) is 10.1. The molecule has 7 heterocycles. The summed E-state index contributed by atoms with van der Waals surface area (Å²) >= 11 is 0. The maximum atomic E-state index is 15.1.